The van der Waals surface area contributed by atoms with Gasteiger partial charge >= 0.3 is 0 Å². The van der Waals surface area contributed by atoms with Crippen LogP contribution in [0.15, 0.2) is 52.3 Å². The molecule has 0 saturated carbocycles. The van der Waals surface area contributed by atoms with Gasteiger partial charge in [0.2, 0.25) is 0 Å². The Balaban J connectivity index is 2.08. The third kappa shape index (κ3) is 2.62. The highest BCUT2D eigenvalue weighted by atomic mass is 35.5. The monoisotopic (exact) mass is 403 g/mol. The molecule has 0 atom stereocenters. The number of aryl methyl sites for hydroxylation is 1. The summed E-state index contributed by atoms with van der Waals surface area (Å²) in [7, 11) is 1.88. The summed E-state index contributed by atoms with van der Waals surface area (Å²) in [5.74, 6) is 0. The number of nitrogens with zero attached hydrogens (tertiary/aromatic N) is 3. The molecular weight excluding hydrogens is 389 g/mol. The molecule has 0 N–H and O–H groups in total. The van der Waals surface area contributed by atoms with Crippen LogP contribution in [-0.4, -0.2) is 20.6 Å². The summed E-state index contributed by atoms with van der Waals surface area (Å²) in [6.07, 6.45) is 1.91. The highest BCUT2D eigenvalue weighted by molar-refractivity contribution is 7.98. The van der Waals surface area contributed by atoms with Crippen molar-refractivity contribution in [3.63, 3.8) is 0 Å². The first-order valence-electron chi connectivity index (χ1n) is 7.98. The molecule has 0 bridgehead atoms. The lowest BCUT2D eigenvalue weighted by molar-refractivity contribution is 0.550. The molecule has 4 aromatic rings. The fraction of sp³-hybridized carbons (Fsp3) is 0.158. The van der Waals surface area contributed by atoms with E-state index in [2.05, 4.69) is 4.98 Å². The van der Waals surface area contributed by atoms with Crippen LogP contribution in [0.1, 0.15) is 5.56 Å². The standard InChI is InChI=1S/C19H15Cl2N3OS/c1-23-17-12-7-5-9-14(21)16(12)22-18(26-2)15(17)19(25)24(23)10-11-6-3-4-8-13(11)20/h3-9H,10H2,1-2H3. The van der Waals surface area contributed by atoms with E-state index in [1.165, 1.54) is 11.8 Å². The van der Waals surface area contributed by atoms with E-state index in [4.69, 9.17) is 23.2 Å². The van der Waals surface area contributed by atoms with E-state index < -0.39 is 0 Å². The molecule has 0 aliphatic carbocycles. The minimum absolute atomic E-state index is 0.0823. The van der Waals surface area contributed by atoms with E-state index >= 15 is 0 Å². The molecule has 0 fully saturated rings. The van der Waals surface area contributed by atoms with Crippen LogP contribution < -0.4 is 5.56 Å². The Kier molecular flexibility index (Phi) is 4.47. The normalized spacial score (nSPS) is 11.5. The van der Waals surface area contributed by atoms with Crippen molar-refractivity contribution in [3.05, 3.63) is 68.4 Å². The summed E-state index contributed by atoms with van der Waals surface area (Å²) in [4.78, 5) is 17.8. The zero-order valence-corrected chi connectivity index (χ0v) is 16.5. The van der Waals surface area contributed by atoms with E-state index in [1.54, 1.807) is 4.68 Å². The molecule has 0 radical (unpaired) electrons. The van der Waals surface area contributed by atoms with Gasteiger partial charge in [-0.15, -0.1) is 11.8 Å². The largest absolute Gasteiger partial charge is 0.284 e. The molecule has 0 amide bonds. The summed E-state index contributed by atoms with van der Waals surface area (Å²) < 4.78 is 3.56. The Morgan fingerprint density at radius 2 is 1.81 bits per heavy atom. The maximum atomic E-state index is 13.2. The van der Waals surface area contributed by atoms with Crippen LogP contribution in [-0.2, 0) is 13.6 Å². The lowest BCUT2D eigenvalue weighted by Gasteiger charge is -2.10. The van der Waals surface area contributed by atoms with Crippen LogP contribution in [0.25, 0.3) is 21.8 Å². The van der Waals surface area contributed by atoms with Gasteiger partial charge in [-0.3, -0.25) is 9.48 Å². The van der Waals surface area contributed by atoms with Crippen molar-refractivity contribution in [2.45, 2.75) is 11.6 Å². The zero-order valence-electron chi connectivity index (χ0n) is 14.2. The number of hydrogen-bond donors (Lipinski definition) is 0. The number of aromatic nitrogens is 3. The summed E-state index contributed by atoms with van der Waals surface area (Å²) in [6.45, 7) is 0.388. The first-order valence-corrected chi connectivity index (χ1v) is 9.96. The minimum atomic E-state index is -0.0823. The van der Waals surface area contributed by atoms with Gasteiger partial charge in [0, 0.05) is 17.5 Å². The molecular formula is C19H15Cl2N3OS. The van der Waals surface area contributed by atoms with Crippen molar-refractivity contribution >= 4 is 56.8 Å². The fourth-order valence-corrected chi connectivity index (χ4v) is 4.22. The Morgan fingerprint density at radius 3 is 2.54 bits per heavy atom. The molecule has 7 heteroatoms. The van der Waals surface area contributed by atoms with Crippen LogP contribution in [0.3, 0.4) is 0 Å². The van der Waals surface area contributed by atoms with Crippen molar-refractivity contribution in [1.82, 2.24) is 14.3 Å². The Morgan fingerprint density at radius 1 is 1.08 bits per heavy atom. The third-order valence-electron chi connectivity index (χ3n) is 4.51. The van der Waals surface area contributed by atoms with Crippen molar-refractivity contribution in [3.8, 4) is 0 Å². The van der Waals surface area contributed by atoms with Gasteiger partial charge in [0.05, 0.1) is 28.0 Å². The van der Waals surface area contributed by atoms with E-state index in [1.807, 2.05) is 60.4 Å². The molecule has 2 aromatic heterocycles. The summed E-state index contributed by atoms with van der Waals surface area (Å²) in [5, 5.41) is 3.37. The minimum Gasteiger partial charge on any atom is -0.284 e. The Hall–Kier alpha value is -1.95. The summed E-state index contributed by atoms with van der Waals surface area (Å²) in [5.41, 5.74) is 2.35. The number of rotatable bonds is 3. The summed E-state index contributed by atoms with van der Waals surface area (Å²) in [6, 6.07) is 13.2. The molecule has 132 valence electrons. The summed E-state index contributed by atoms with van der Waals surface area (Å²) >= 11 is 14.1. The van der Waals surface area contributed by atoms with Crippen LogP contribution in [0, 0.1) is 0 Å². The van der Waals surface area contributed by atoms with Gasteiger partial charge < -0.3 is 0 Å². The lowest BCUT2D eigenvalue weighted by Crippen LogP contribution is -2.22. The van der Waals surface area contributed by atoms with Crippen LogP contribution in [0.5, 0.6) is 0 Å². The van der Waals surface area contributed by atoms with E-state index in [9.17, 15) is 4.79 Å². The molecule has 0 aliphatic heterocycles. The molecule has 2 aromatic carbocycles. The van der Waals surface area contributed by atoms with Gasteiger partial charge in [0.25, 0.3) is 5.56 Å². The van der Waals surface area contributed by atoms with Gasteiger partial charge in [-0.1, -0.05) is 53.5 Å². The predicted molar refractivity (Wildman–Crippen MR) is 110 cm³/mol. The maximum absolute atomic E-state index is 13.2. The second kappa shape index (κ2) is 6.65. The average Bonchev–Trinajstić information content (AvgIpc) is 2.89. The topological polar surface area (TPSA) is 39.8 Å². The zero-order chi connectivity index (χ0) is 18.4. The predicted octanol–water partition coefficient (Wildman–Crippen LogP) is 4.97. The highest BCUT2D eigenvalue weighted by Crippen LogP contribution is 2.32. The molecule has 4 nitrogen and oxygen atoms in total. The lowest BCUT2D eigenvalue weighted by atomic mass is 10.1. The quantitative estimate of drug-likeness (QED) is 0.453. The molecule has 26 heavy (non-hydrogen) atoms. The highest BCUT2D eigenvalue weighted by Gasteiger charge is 2.20. The Labute approximate surface area is 164 Å². The molecule has 0 unspecified atom stereocenters. The van der Waals surface area contributed by atoms with Gasteiger partial charge in [0.15, 0.2) is 0 Å². The van der Waals surface area contributed by atoms with Crippen molar-refractivity contribution in [1.29, 1.82) is 0 Å². The maximum Gasteiger partial charge on any atom is 0.277 e. The van der Waals surface area contributed by atoms with E-state index in [0.717, 1.165) is 16.5 Å². The van der Waals surface area contributed by atoms with Crippen LogP contribution in [0.4, 0.5) is 0 Å². The number of para-hydroxylation sites is 1. The first-order chi connectivity index (χ1) is 12.5. The Bertz CT molecular complexity index is 1210. The van der Waals surface area contributed by atoms with Gasteiger partial charge in [-0.25, -0.2) is 9.67 Å². The average molecular weight is 404 g/mol. The SMILES string of the molecule is CSc1nc2c(Cl)cccc2c2c1c(=O)n(Cc1ccccc1Cl)n2C. The van der Waals surface area contributed by atoms with Crippen molar-refractivity contribution in [2.75, 3.05) is 6.26 Å². The van der Waals surface area contributed by atoms with Crippen LogP contribution >= 0.6 is 35.0 Å². The molecule has 0 saturated heterocycles. The molecule has 4 rings (SSSR count). The van der Waals surface area contributed by atoms with E-state index in [0.29, 0.717) is 32.5 Å². The van der Waals surface area contributed by atoms with E-state index in [-0.39, 0.29) is 5.56 Å². The second-order valence-electron chi connectivity index (χ2n) is 5.96. The van der Waals surface area contributed by atoms with Crippen molar-refractivity contribution < 1.29 is 0 Å². The number of thioether (sulfide) groups is 1. The van der Waals surface area contributed by atoms with Gasteiger partial charge in [-0.2, -0.15) is 0 Å². The molecule has 2 heterocycles. The molecule has 0 spiro atoms. The van der Waals surface area contributed by atoms with Gasteiger partial charge in [0.1, 0.15) is 5.03 Å². The van der Waals surface area contributed by atoms with Crippen LogP contribution in [0.2, 0.25) is 10.0 Å². The molecule has 0 aliphatic rings. The number of benzene rings is 2. The first kappa shape index (κ1) is 17.5. The number of halogens is 2. The second-order valence-corrected chi connectivity index (χ2v) is 7.57. The van der Waals surface area contributed by atoms with Crippen molar-refractivity contribution in [2.24, 2.45) is 7.05 Å². The number of fused-ring (bicyclic) bond motifs is 3. The number of hydrogen-bond acceptors (Lipinski definition) is 3. The van der Waals surface area contributed by atoms with Gasteiger partial charge in [-0.05, 0) is 24.0 Å². The third-order valence-corrected chi connectivity index (χ3v) is 5.87. The smallest absolute Gasteiger partial charge is 0.277 e. The fourth-order valence-electron chi connectivity index (χ4n) is 3.24. The number of pyridine rings is 1.